The van der Waals surface area contributed by atoms with Crippen molar-refractivity contribution in [3.63, 3.8) is 0 Å². The molecule has 2 aliphatic carbocycles. The van der Waals surface area contributed by atoms with Gasteiger partial charge in [0.1, 0.15) is 0 Å². The van der Waals surface area contributed by atoms with Gasteiger partial charge in [-0.3, -0.25) is 4.90 Å². The quantitative estimate of drug-likeness (QED) is 0.617. The zero-order chi connectivity index (χ0) is 16.2. The van der Waals surface area contributed by atoms with Crippen molar-refractivity contribution in [2.75, 3.05) is 6.16 Å². The van der Waals surface area contributed by atoms with E-state index in [4.69, 9.17) is 0 Å². The van der Waals surface area contributed by atoms with Gasteiger partial charge in [0, 0.05) is 17.9 Å². The summed E-state index contributed by atoms with van der Waals surface area (Å²) in [6.07, 6.45) is 19.2. The summed E-state index contributed by atoms with van der Waals surface area (Å²) in [5, 5.41) is 1.67. The van der Waals surface area contributed by atoms with E-state index in [0.29, 0.717) is 0 Å². The molecule has 1 saturated heterocycles. The summed E-state index contributed by atoms with van der Waals surface area (Å²) in [6, 6.07) is 13.4. The molecule has 24 heavy (non-hydrogen) atoms. The first kappa shape index (κ1) is 17.0. The number of hydrogen-bond donors (Lipinski definition) is 0. The van der Waals surface area contributed by atoms with Gasteiger partial charge in [0.2, 0.25) is 0 Å². The molecule has 0 amide bonds. The van der Waals surface area contributed by atoms with Crippen molar-refractivity contribution in [1.82, 2.24) is 4.90 Å². The van der Waals surface area contributed by atoms with Crippen LogP contribution in [0.4, 0.5) is 0 Å². The van der Waals surface area contributed by atoms with Gasteiger partial charge in [-0.25, -0.2) is 0 Å². The summed E-state index contributed by atoms with van der Waals surface area (Å²) < 4.78 is 0. The van der Waals surface area contributed by atoms with E-state index in [1.807, 2.05) is 0 Å². The Morgan fingerprint density at radius 3 is 1.83 bits per heavy atom. The highest BCUT2D eigenvalue weighted by molar-refractivity contribution is 7.66. The fraction of sp³-hybridized carbons (Fsp3) is 0.727. The Hall–Kier alpha value is -0.390. The van der Waals surface area contributed by atoms with Crippen LogP contribution >= 0.6 is 7.92 Å². The molecule has 2 atom stereocenters. The van der Waals surface area contributed by atoms with Crippen LogP contribution in [0.2, 0.25) is 0 Å². The summed E-state index contributed by atoms with van der Waals surface area (Å²) in [5.74, 6) is 0.883. The zero-order valence-electron chi connectivity index (χ0n) is 15.2. The fourth-order valence-corrected chi connectivity index (χ4v) is 8.69. The van der Waals surface area contributed by atoms with Crippen molar-refractivity contribution in [1.29, 1.82) is 0 Å². The van der Waals surface area contributed by atoms with Gasteiger partial charge in [-0.2, -0.15) is 0 Å². The SMILES string of the molecule is c1ccc([P@@]2CCCC2N(C2CCCCC2)C2CCCCC2)cc1. The van der Waals surface area contributed by atoms with Gasteiger partial charge in [-0.15, -0.1) is 0 Å². The summed E-state index contributed by atoms with van der Waals surface area (Å²) in [7, 11) is 0.0333. The van der Waals surface area contributed by atoms with Gasteiger partial charge in [0.25, 0.3) is 0 Å². The van der Waals surface area contributed by atoms with E-state index in [1.54, 1.807) is 5.30 Å². The van der Waals surface area contributed by atoms with E-state index in [2.05, 4.69) is 35.2 Å². The highest BCUT2D eigenvalue weighted by Gasteiger charge is 2.40. The van der Waals surface area contributed by atoms with E-state index < -0.39 is 0 Å². The average molecular weight is 343 g/mol. The van der Waals surface area contributed by atoms with Crippen molar-refractivity contribution in [3.8, 4) is 0 Å². The first-order chi connectivity index (χ1) is 11.9. The molecule has 0 radical (unpaired) electrons. The molecule has 1 aromatic carbocycles. The van der Waals surface area contributed by atoms with E-state index in [-0.39, 0.29) is 7.92 Å². The second-order valence-electron chi connectivity index (χ2n) is 8.18. The summed E-state index contributed by atoms with van der Waals surface area (Å²) in [4.78, 5) is 3.13. The zero-order valence-corrected chi connectivity index (χ0v) is 16.1. The second kappa shape index (κ2) is 8.33. The Bertz CT molecular complexity index is 472. The molecular formula is C22H34NP. The van der Waals surface area contributed by atoms with Crippen LogP contribution in [-0.4, -0.2) is 28.9 Å². The third-order valence-electron chi connectivity index (χ3n) is 6.65. The molecule has 2 saturated carbocycles. The maximum atomic E-state index is 3.13. The molecular weight excluding hydrogens is 309 g/mol. The van der Waals surface area contributed by atoms with Gasteiger partial charge in [-0.05, 0) is 50.0 Å². The van der Waals surface area contributed by atoms with Crippen LogP contribution in [0.3, 0.4) is 0 Å². The Morgan fingerprint density at radius 2 is 1.25 bits per heavy atom. The largest absolute Gasteiger partial charge is 0.290 e. The molecule has 4 rings (SSSR count). The monoisotopic (exact) mass is 343 g/mol. The minimum Gasteiger partial charge on any atom is -0.290 e. The normalized spacial score (nSPS) is 30.0. The van der Waals surface area contributed by atoms with E-state index in [1.165, 1.54) is 83.2 Å². The third kappa shape index (κ3) is 3.73. The second-order valence-corrected chi connectivity index (χ2v) is 10.7. The molecule has 3 fully saturated rings. The van der Waals surface area contributed by atoms with Crippen LogP contribution in [0, 0.1) is 0 Å². The molecule has 1 aromatic rings. The predicted octanol–water partition coefficient (Wildman–Crippen LogP) is 5.88. The third-order valence-corrected chi connectivity index (χ3v) is 9.65. The first-order valence-corrected chi connectivity index (χ1v) is 12.1. The van der Waals surface area contributed by atoms with Crippen molar-refractivity contribution >= 4 is 13.2 Å². The van der Waals surface area contributed by atoms with Crippen molar-refractivity contribution in [3.05, 3.63) is 30.3 Å². The molecule has 1 aliphatic heterocycles. The molecule has 1 heterocycles. The lowest BCUT2D eigenvalue weighted by molar-refractivity contribution is 0.0672. The van der Waals surface area contributed by atoms with Crippen LogP contribution in [-0.2, 0) is 0 Å². The number of benzene rings is 1. The Labute approximate surface area is 150 Å². The van der Waals surface area contributed by atoms with E-state index in [9.17, 15) is 0 Å². The lowest BCUT2D eigenvalue weighted by Gasteiger charge is -2.47. The molecule has 0 spiro atoms. The lowest BCUT2D eigenvalue weighted by Crippen LogP contribution is -2.50. The summed E-state index contributed by atoms with van der Waals surface area (Å²) in [5.41, 5.74) is 0. The minimum absolute atomic E-state index is 0.0333. The van der Waals surface area contributed by atoms with Gasteiger partial charge in [0.15, 0.2) is 0 Å². The number of rotatable bonds is 4. The molecule has 132 valence electrons. The van der Waals surface area contributed by atoms with Crippen LogP contribution < -0.4 is 5.30 Å². The maximum absolute atomic E-state index is 3.13. The van der Waals surface area contributed by atoms with Crippen molar-refractivity contribution < 1.29 is 0 Å². The average Bonchev–Trinajstić information content (AvgIpc) is 3.14. The van der Waals surface area contributed by atoms with E-state index >= 15 is 0 Å². The highest BCUT2D eigenvalue weighted by Crippen LogP contribution is 2.53. The number of nitrogens with zero attached hydrogens (tertiary/aromatic N) is 1. The summed E-state index contributed by atoms with van der Waals surface area (Å²) in [6.45, 7) is 0. The van der Waals surface area contributed by atoms with Crippen molar-refractivity contribution in [2.24, 2.45) is 0 Å². The molecule has 0 aromatic heterocycles. The van der Waals surface area contributed by atoms with Gasteiger partial charge >= 0.3 is 0 Å². The van der Waals surface area contributed by atoms with Crippen LogP contribution in [0.5, 0.6) is 0 Å². The predicted molar refractivity (Wildman–Crippen MR) is 106 cm³/mol. The summed E-state index contributed by atoms with van der Waals surface area (Å²) >= 11 is 0. The van der Waals surface area contributed by atoms with Crippen LogP contribution in [0.25, 0.3) is 0 Å². The molecule has 0 N–H and O–H groups in total. The molecule has 1 unspecified atom stereocenters. The smallest absolute Gasteiger partial charge is 0.0343 e. The standard InChI is InChI=1S/C22H34NP/c1-4-11-19(12-5-1)23(20-13-6-2-7-14-20)22-17-10-18-24(22)21-15-8-3-9-16-21/h3,8-9,15-16,19-20,22H,1-2,4-7,10-14,17-18H2/t22?,24-/m1/s1. The molecule has 1 nitrogen and oxygen atoms in total. The van der Waals surface area contributed by atoms with Gasteiger partial charge in [0.05, 0.1) is 0 Å². The van der Waals surface area contributed by atoms with Crippen LogP contribution in [0.15, 0.2) is 30.3 Å². The first-order valence-electron chi connectivity index (χ1n) is 10.5. The topological polar surface area (TPSA) is 3.24 Å². The number of hydrogen-bond acceptors (Lipinski definition) is 1. The molecule has 3 aliphatic rings. The highest BCUT2D eigenvalue weighted by atomic mass is 31.1. The van der Waals surface area contributed by atoms with Crippen molar-refractivity contribution in [2.45, 2.75) is 94.9 Å². The maximum Gasteiger partial charge on any atom is 0.0343 e. The molecule has 2 heteroatoms. The molecule has 0 bridgehead atoms. The van der Waals surface area contributed by atoms with Crippen LogP contribution in [0.1, 0.15) is 77.0 Å². The Kier molecular flexibility index (Phi) is 5.91. The van der Waals surface area contributed by atoms with Gasteiger partial charge < -0.3 is 0 Å². The minimum atomic E-state index is 0.0333. The van der Waals surface area contributed by atoms with Gasteiger partial charge in [-0.1, -0.05) is 76.8 Å². The fourth-order valence-electron chi connectivity index (χ4n) is 5.52. The Balaban J connectivity index is 1.58. The lowest BCUT2D eigenvalue weighted by atomic mass is 9.88. The Morgan fingerprint density at radius 1 is 0.667 bits per heavy atom. The van der Waals surface area contributed by atoms with E-state index in [0.717, 1.165) is 17.9 Å².